The molecule has 0 radical (unpaired) electrons. The van der Waals surface area contributed by atoms with Gasteiger partial charge in [-0.3, -0.25) is 14.4 Å². The van der Waals surface area contributed by atoms with Crippen molar-refractivity contribution in [3.63, 3.8) is 0 Å². The first-order valence-electron chi connectivity index (χ1n) is 23.7. The molecule has 1 atom stereocenters. The first-order chi connectivity index (χ1) is 26.5. The number of hydrogen-bond donors (Lipinski definition) is 0. The lowest BCUT2D eigenvalue weighted by Crippen LogP contribution is -2.30. The molecule has 318 valence electrons. The Kier molecular flexibility index (Phi) is 42.4. The van der Waals surface area contributed by atoms with Crippen LogP contribution in [0.4, 0.5) is 0 Å². The molecule has 0 saturated carbocycles. The number of carbonyl (C=O) groups excluding carboxylic acids is 3. The summed E-state index contributed by atoms with van der Waals surface area (Å²) in [4.78, 5) is 37.7. The Morgan fingerprint density at radius 3 is 0.926 bits per heavy atom. The standard InChI is InChI=1S/C48H90O6/c1-4-7-10-13-16-19-21-23-25-27-29-32-35-38-41-47(50)53-44-45(43-52-46(49)40-37-34-31-18-15-12-9-6-3)54-48(51)42-39-36-33-30-28-26-24-22-20-17-14-11-8-5-2/h21,23,45H,4-20,22,24-44H2,1-3H3/b23-21-. The fourth-order valence-electron chi connectivity index (χ4n) is 6.91. The highest BCUT2D eigenvalue weighted by Crippen LogP contribution is 2.15. The maximum absolute atomic E-state index is 12.7. The minimum atomic E-state index is -0.764. The van der Waals surface area contributed by atoms with Crippen LogP contribution >= 0.6 is 0 Å². The third-order valence-electron chi connectivity index (χ3n) is 10.5. The summed E-state index contributed by atoms with van der Waals surface area (Å²) in [5, 5.41) is 0. The molecule has 1 unspecified atom stereocenters. The average Bonchev–Trinajstić information content (AvgIpc) is 3.17. The quantitative estimate of drug-likeness (QED) is 0.0266. The van der Waals surface area contributed by atoms with E-state index in [0.29, 0.717) is 19.3 Å². The van der Waals surface area contributed by atoms with Crippen molar-refractivity contribution in [1.29, 1.82) is 0 Å². The van der Waals surface area contributed by atoms with Crippen LogP contribution in [-0.2, 0) is 28.6 Å². The third kappa shape index (κ3) is 41.3. The normalized spacial score (nSPS) is 12.0. The van der Waals surface area contributed by atoms with Gasteiger partial charge in [0.25, 0.3) is 0 Å². The summed E-state index contributed by atoms with van der Waals surface area (Å²) >= 11 is 0. The molecule has 0 rings (SSSR count). The third-order valence-corrected chi connectivity index (χ3v) is 10.5. The smallest absolute Gasteiger partial charge is 0.306 e. The van der Waals surface area contributed by atoms with Gasteiger partial charge in [-0.15, -0.1) is 0 Å². The Morgan fingerprint density at radius 1 is 0.352 bits per heavy atom. The monoisotopic (exact) mass is 763 g/mol. The van der Waals surface area contributed by atoms with E-state index in [1.165, 1.54) is 154 Å². The molecule has 0 heterocycles. The number of esters is 3. The van der Waals surface area contributed by atoms with E-state index in [1.54, 1.807) is 0 Å². The molecule has 0 aliphatic rings. The van der Waals surface area contributed by atoms with Gasteiger partial charge in [0.15, 0.2) is 6.10 Å². The maximum Gasteiger partial charge on any atom is 0.306 e. The van der Waals surface area contributed by atoms with Crippen molar-refractivity contribution in [2.45, 2.75) is 264 Å². The van der Waals surface area contributed by atoms with E-state index in [9.17, 15) is 14.4 Å². The van der Waals surface area contributed by atoms with Crippen molar-refractivity contribution in [3.8, 4) is 0 Å². The summed E-state index contributed by atoms with van der Waals surface area (Å²) < 4.78 is 16.7. The van der Waals surface area contributed by atoms with Gasteiger partial charge < -0.3 is 14.2 Å². The van der Waals surface area contributed by atoms with E-state index in [-0.39, 0.29) is 31.1 Å². The largest absolute Gasteiger partial charge is 0.462 e. The van der Waals surface area contributed by atoms with Gasteiger partial charge in [-0.25, -0.2) is 0 Å². The van der Waals surface area contributed by atoms with Gasteiger partial charge in [0.2, 0.25) is 0 Å². The molecule has 0 amide bonds. The summed E-state index contributed by atoms with van der Waals surface area (Å²) in [5.74, 6) is -0.871. The van der Waals surface area contributed by atoms with Crippen molar-refractivity contribution in [3.05, 3.63) is 12.2 Å². The molecule has 0 spiro atoms. The number of carbonyl (C=O) groups is 3. The van der Waals surface area contributed by atoms with Crippen LogP contribution in [0.3, 0.4) is 0 Å². The summed E-state index contributed by atoms with van der Waals surface area (Å²) in [6, 6.07) is 0. The van der Waals surface area contributed by atoms with E-state index < -0.39 is 6.10 Å². The van der Waals surface area contributed by atoms with Crippen LogP contribution in [0.25, 0.3) is 0 Å². The van der Waals surface area contributed by atoms with E-state index in [4.69, 9.17) is 14.2 Å². The van der Waals surface area contributed by atoms with Gasteiger partial charge in [0.05, 0.1) is 0 Å². The lowest BCUT2D eigenvalue weighted by Gasteiger charge is -2.18. The van der Waals surface area contributed by atoms with Crippen LogP contribution < -0.4 is 0 Å². The first kappa shape index (κ1) is 52.2. The van der Waals surface area contributed by atoms with Crippen molar-refractivity contribution in [1.82, 2.24) is 0 Å². The van der Waals surface area contributed by atoms with Gasteiger partial charge in [-0.1, -0.05) is 206 Å². The molecule has 6 nitrogen and oxygen atoms in total. The average molecular weight is 763 g/mol. The lowest BCUT2D eigenvalue weighted by atomic mass is 10.0. The minimum absolute atomic E-state index is 0.0685. The highest BCUT2D eigenvalue weighted by molar-refractivity contribution is 5.71. The fourth-order valence-corrected chi connectivity index (χ4v) is 6.91. The van der Waals surface area contributed by atoms with Crippen molar-refractivity contribution >= 4 is 17.9 Å². The molecule has 0 aromatic carbocycles. The van der Waals surface area contributed by atoms with Crippen LogP contribution in [0, 0.1) is 0 Å². The Bertz CT molecular complexity index is 839. The second-order valence-electron chi connectivity index (χ2n) is 16.0. The van der Waals surface area contributed by atoms with Gasteiger partial charge in [-0.2, -0.15) is 0 Å². The number of allylic oxidation sites excluding steroid dienone is 2. The van der Waals surface area contributed by atoms with E-state index in [0.717, 1.165) is 64.2 Å². The van der Waals surface area contributed by atoms with Gasteiger partial charge in [0, 0.05) is 19.3 Å². The number of hydrogen-bond acceptors (Lipinski definition) is 6. The summed E-state index contributed by atoms with van der Waals surface area (Å²) in [7, 11) is 0. The van der Waals surface area contributed by atoms with E-state index in [1.807, 2.05) is 0 Å². The van der Waals surface area contributed by atoms with Crippen molar-refractivity contribution in [2.24, 2.45) is 0 Å². The van der Waals surface area contributed by atoms with Gasteiger partial charge in [0.1, 0.15) is 13.2 Å². The highest BCUT2D eigenvalue weighted by atomic mass is 16.6. The van der Waals surface area contributed by atoms with Gasteiger partial charge >= 0.3 is 17.9 Å². The molecule has 0 aliphatic heterocycles. The molecule has 0 N–H and O–H groups in total. The maximum atomic E-state index is 12.7. The molecule has 0 saturated heterocycles. The van der Waals surface area contributed by atoms with E-state index >= 15 is 0 Å². The summed E-state index contributed by atoms with van der Waals surface area (Å²) in [6.45, 7) is 6.61. The predicted octanol–water partition coefficient (Wildman–Crippen LogP) is 15.0. The van der Waals surface area contributed by atoms with Crippen molar-refractivity contribution in [2.75, 3.05) is 13.2 Å². The molecule has 0 aromatic heterocycles. The summed E-state index contributed by atoms with van der Waals surface area (Å²) in [6.07, 6.45) is 46.2. The van der Waals surface area contributed by atoms with Gasteiger partial charge in [-0.05, 0) is 44.9 Å². The van der Waals surface area contributed by atoms with Crippen LogP contribution in [0.15, 0.2) is 12.2 Å². The molecule has 54 heavy (non-hydrogen) atoms. The molecule has 0 aliphatic carbocycles. The number of ether oxygens (including phenoxy) is 3. The zero-order chi connectivity index (χ0) is 39.4. The lowest BCUT2D eigenvalue weighted by molar-refractivity contribution is -0.167. The Labute approximate surface area is 335 Å². The number of rotatable bonds is 43. The first-order valence-corrected chi connectivity index (χ1v) is 23.7. The Morgan fingerprint density at radius 2 is 0.611 bits per heavy atom. The highest BCUT2D eigenvalue weighted by Gasteiger charge is 2.19. The fraction of sp³-hybridized carbons (Fsp3) is 0.896. The Hall–Kier alpha value is -1.85. The van der Waals surface area contributed by atoms with Crippen LogP contribution in [-0.4, -0.2) is 37.2 Å². The molecular weight excluding hydrogens is 673 g/mol. The zero-order valence-corrected chi connectivity index (χ0v) is 36.3. The predicted molar refractivity (Wildman–Crippen MR) is 229 cm³/mol. The zero-order valence-electron chi connectivity index (χ0n) is 36.3. The van der Waals surface area contributed by atoms with Crippen LogP contribution in [0.1, 0.15) is 258 Å². The SMILES string of the molecule is CCCCCCC/C=C\CCCCCCCC(=O)OCC(COC(=O)CCCCCCCCCC)OC(=O)CCCCCCCCCCCCCCCC. The second-order valence-corrected chi connectivity index (χ2v) is 16.0. The molecule has 0 aromatic rings. The molecule has 0 bridgehead atoms. The molecule has 6 heteroatoms. The molecule has 0 fully saturated rings. The van der Waals surface area contributed by atoms with Crippen LogP contribution in [0.2, 0.25) is 0 Å². The minimum Gasteiger partial charge on any atom is -0.462 e. The van der Waals surface area contributed by atoms with Crippen molar-refractivity contribution < 1.29 is 28.6 Å². The molecular formula is C48H90O6. The number of unbranched alkanes of at least 4 members (excludes halogenated alkanes) is 30. The summed E-state index contributed by atoms with van der Waals surface area (Å²) in [5.41, 5.74) is 0. The topological polar surface area (TPSA) is 78.9 Å². The van der Waals surface area contributed by atoms with E-state index in [2.05, 4.69) is 32.9 Å². The van der Waals surface area contributed by atoms with Crippen LogP contribution in [0.5, 0.6) is 0 Å². The Balaban J connectivity index is 4.30. The second kappa shape index (κ2) is 43.9.